The second-order valence-electron chi connectivity index (χ2n) is 3.58. The summed E-state index contributed by atoms with van der Waals surface area (Å²) in [5, 5.41) is 16.0. The van der Waals surface area contributed by atoms with Crippen LogP contribution in [0.4, 0.5) is 15.8 Å². The van der Waals surface area contributed by atoms with Crippen molar-refractivity contribution < 1.29 is 14.1 Å². The second kappa shape index (κ2) is 6.65. The Labute approximate surface area is 103 Å². The third kappa shape index (κ3) is 4.10. The van der Waals surface area contributed by atoms with Crippen LogP contribution in [-0.4, -0.2) is 23.9 Å². The van der Waals surface area contributed by atoms with E-state index < -0.39 is 16.4 Å². The minimum absolute atomic E-state index is 0.213. The first kappa shape index (κ1) is 14.0. The lowest BCUT2D eigenvalue weighted by Gasteiger charge is -2.05. The van der Waals surface area contributed by atoms with Gasteiger partial charge in [0.25, 0.3) is 0 Å². The summed E-state index contributed by atoms with van der Waals surface area (Å²) in [6.07, 6.45) is 0.249. The normalized spacial score (nSPS) is 10.1. The summed E-state index contributed by atoms with van der Waals surface area (Å²) in [7, 11) is 0. The van der Waals surface area contributed by atoms with Gasteiger partial charge in [0.05, 0.1) is 4.92 Å². The Balaban J connectivity index is 2.65. The largest absolute Gasteiger partial charge is 0.326 e. The maximum absolute atomic E-state index is 13.0. The van der Waals surface area contributed by atoms with Crippen molar-refractivity contribution in [3.8, 4) is 0 Å². The van der Waals surface area contributed by atoms with Crippen LogP contribution >= 0.6 is 0 Å². The third-order valence-corrected chi connectivity index (χ3v) is 2.21. The van der Waals surface area contributed by atoms with Gasteiger partial charge >= 0.3 is 5.69 Å². The van der Waals surface area contributed by atoms with Crippen molar-refractivity contribution in [1.29, 1.82) is 0 Å². The minimum Gasteiger partial charge on any atom is -0.326 e. The van der Waals surface area contributed by atoms with Crippen molar-refractivity contribution in [2.45, 2.75) is 13.3 Å². The number of hydrogen-bond donors (Lipinski definition) is 2. The fraction of sp³-hybridized carbons (Fsp3) is 0.364. The summed E-state index contributed by atoms with van der Waals surface area (Å²) in [4.78, 5) is 21.1. The van der Waals surface area contributed by atoms with E-state index in [9.17, 15) is 19.3 Å². The molecule has 0 saturated carbocycles. The molecule has 0 aliphatic carbocycles. The molecule has 0 fully saturated rings. The van der Waals surface area contributed by atoms with E-state index in [1.165, 1.54) is 6.07 Å². The molecular weight excluding hydrogens is 241 g/mol. The van der Waals surface area contributed by atoms with Crippen molar-refractivity contribution in [3.05, 3.63) is 34.1 Å². The molecule has 0 saturated heterocycles. The van der Waals surface area contributed by atoms with Crippen LogP contribution < -0.4 is 10.6 Å². The highest BCUT2D eigenvalue weighted by Crippen LogP contribution is 2.21. The van der Waals surface area contributed by atoms with Crippen LogP contribution in [0.15, 0.2) is 18.2 Å². The van der Waals surface area contributed by atoms with Gasteiger partial charge in [-0.2, -0.15) is 4.39 Å². The van der Waals surface area contributed by atoms with E-state index in [0.717, 1.165) is 18.7 Å². The van der Waals surface area contributed by atoms with Crippen molar-refractivity contribution in [1.82, 2.24) is 5.32 Å². The highest BCUT2D eigenvalue weighted by atomic mass is 19.1. The number of amides is 1. The number of carbonyl (C=O) groups is 1. The fourth-order valence-electron chi connectivity index (χ4n) is 1.33. The average molecular weight is 255 g/mol. The van der Waals surface area contributed by atoms with Gasteiger partial charge in [-0.15, -0.1) is 0 Å². The number of nitro groups is 1. The highest BCUT2D eigenvalue weighted by Gasteiger charge is 2.15. The summed E-state index contributed by atoms with van der Waals surface area (Å²) < 4.78 is 13.0. The molecule has 0 radical (unpaired) electrons. The lowest BCUT2D eigenvalue weighted by molar-refractivity contribution is -0.387. The number of nitrogens with one attached hydrogen (secondary N) is 2. The molecule has 0 aliphatic heterocycles. The molecule has 1 rings (SSSR count). The van der Waals surface area contributed by atoms with Crippen LogP contribution in [0.25, 0.3) is 0 Å². The molecule has 0 unspecified atom stereocenters. The summed E-state index contributed by atoms with van der Waals surface area (Å²) in [5.41, 5.74) is -0.441. The molecule has 0 aliphatic rings. The number of nitrogens with zero attached hydrogens (tertiary/aromatic N) is 1. The molecule has 0 atom stereocenters. The Morgan fingerprint density at radius 1 is 1.50 bits per heavy atom. The predicted molar refractivity (Wildman–Crippen MR) is 64.8 cm³/mol. The number of carbonyl (C=O) groups excluding carboxylic acids is 1. The Hall–Kier alpha value is -2.02. The minimum atomic E-state index is -0.925. The van der Waals surface area contributed by atoms with E-state index in [-0.39, 0.29) is 18.0 Å². The van der Waals surface area contributed by atoms with Gasteiger partial charge < -0.3 is 10.6 Å². The monoisotopic (exact) mass is 255 g/mol. The molecule has 1 aromatic rings. The molecule has 1 aromatic carbocycles. The summed E-state index contributed by atoms with van der Waals surface area (Å²) in [5.74, 6) is -1.21. The van der Waals surface area contributed by atoms with Gasteiger partial charge in [-0.3, -0.25) is 14.9 Å². The Morgan fingerprint density at radius 3 is 2.83 bits per heavy atom. The standard InChI is InChI=1S/C11H14FN3O3/c1-2-13-6-5-11(16)14-8-3-4-9(12)10(7-8)15(17)18/h3-4,7,13H,2,5-6H2,1H3,(H,14,16). The first-order valence-electron chi connectivity index (χ1n) is 5.49. The molecule has 18 heavy (non-hydrogen) atoms. The highest BCUT2D eigenvalue weighted by molar-refractivity contribution is 5.91. The van der Waals surface area contributed by atoms with Crippen LogP contribution in [0.5, 0.6) is 0 Å². The Morgan fingerprint density at radius 2 is 2.22 bits per heavy atom. The Bertz CT molecular complexity index is 451. The van der Waals surface area contributed by atoms with E-state index in [4.69, 9.17) is 0 Å². The number of nitro benzene ring substituents is 1. The SMILES string of the molecule is CCNCCC(=O)Nc1ccc(F)c([N+](=O)[O-])c1. The van der Waals surface area contributed by atoms with Gasteiger partial charge in [-0.1, -0.05) is 6.92 Å². The zero-order valence-electron chi connectivity index (χ0n) is 9.90. The van der Waals surface area contributed by atoms with Crippen LogP contribution in [0, 0.1) is 15.9 Å². The number of benzene rings is 1. The van der Waals surface area contributed by atoms with E-state index in [2.05, 4.69) is 10.6 Å². The molecule has 1 amide bonds. The van der Waals surface area contributed by atoms with E-state index in [1.54, 1.807) is 0 Å². The van der Waals surface area contributed by atoms with Gasteiger partial charge in [0.2, 0.25) is 11.7 Å². The van der Waals surface area contributed by atoms with E-state index in [0.29, 0.717) is 6.54 Å². The third-order valence-electron chi connectivity index (χ3n) is 2.21. The van der Waals surface area contributed by atoms with Gasteiger partial charge in [-0.05, 0) is 18.7 Å². The van der Waals surface area contributed by atoms with Crippen LogP contribution in [0.2, 0.25) is 0 Å². The summed E-state index contributed by atoms with van der Waals surface area (Å²) >= 11 is 0. The molecule has 2 N–H and O–H groups in total. The number of anilines is 1. The van der Waals surface area contributed by atoms with Crippen LogP contribution in [0.3, 0.4) is 0 Å². The number of hydrogen-bond acceptors (Lipinski definition) is 4. The lowest BCUT2D eigenvalue weighted by Crippen LogP contribution is -2.21. The number of halogens is 1. The molecule has 7 heteroatoms. The molecule has 0 heterocycles. The maximum atomic E-state index is 13.0. The molecule has 6 nitrogen and oxygen atoms in total. The first-order chi connectivity index (χ1) is 8.54. The number of rotatable bonds is 6. The summed E-state index contributed by atoms with van der Waals surface area (Å²) in [6, 6.07) is 3.24. The fourth-order valence-corrected chi connectivity index (χ4v) is 1.33. The quantitative estimate of drug-likeness (QED) is 0.460. The van der Waals surface area contributed by atoms with Gasteiger partial charge in [0, 0.05) is 24.7 Å². The zero-order valence-corrected chi connectivity index (χ0v) is 9.90. The molecule has 0 spiro atoms. The molecule has 0 bridgehead atoms. The average Bonchev–Trinajstić information content (AvgIpc) is 2.31. The molecule has 98 valence electrons. The van der Waals surface area contributed by atoms with E-state index in [1.807, 2.05) is 6.92 Å². The van der Waals surface area contributed by atoms with Crippen LogP contribution in [-0.2, 0) is 4.79 Å². The second-order valence-corrected chi connectivity index (χ2v) is 3.58. The van der Waals surface area contributed by atoms with Crippen molar-refractivity contribution >= 4 is 17.3 Å². The topological polar surface area (TPSA) is 84.3 Å². The van der Waals surface area contributed by atoms with Crippen molar-refractivity contribution in [3.63, 3.8) is 0 Å². The van der Waals surface area contributed by atoms with Crippen molar-refractivity contribution in [2.75, 3.05) is 18.4 Å². The molecule has 0 aromatic heterocycles. The predicted octanol–water partition coefficient (Wildman–Crippen LogP) is 1.67. The Kier molecular flexibility index (Phi) is 5.19. The van der Waals surface area contributed by atoms with Crippen LogP contribution in [0.1, 0.15) is 13.3 Å². The smallest absolute Gasteiger partial charge is 0.306 e. The van der Waals surface area contributed by atoms with Gasteiger partial charge in [0.15, 0.2) is 0 Å². The van der Waals surface area contributed by atoms with Gasteiger partial charge in [0.1, 0.15) is 0 Å². The first-order valence-corrected chi connectivity index (χ1v) is 5.49. The summed E-state index contributed by atoms with van der Waals surface area (Å²) in [6.45, 7) is 3.20. The maximum Gasteiger partial charge on any atom is 0.306 e. The molecular formula is C11H14FN3O3. The zero-order chi connectivity index (χ0) is 13.5. The van der Waals surface area contributed by atoms with Gasteiger partial charge in [-0.25, -0.2) is 0 Å². The van der Waals surface area contributed by atoms with E-state index >= 15 is 0 Å². The lowest BCUT2D eigenvalue weighted by atomic mass is 10.2. The van der Waals surface area contributed by atoms with Crippen molar-refractivity contribution in [2.24, 2.45) is 0 Å².